The van der Waals surface area contributed by atoms with E-state index in [1.807, 2.05) is 98.8 Å². The molecule has 6 aromatic rings. The molecule has 0 radical (unpaired) electrons. The summed E-state index contributed by atoms with van der Waals surface area (Å²) in [5.74, 6) is -0.149. The van der Waals surface area contributed by atoms with Crippen molar-refractivity contribution in [1.82, 2.24) is 9.97 Å². The predicted molar refractivity (Wildman–Crippen MR) is 389 cm³/mol. The quantitative estimate of drug-likeness (QED) is 0.0388. The number of nitrogens with two attached hydrogens (primary N) is 1. The lowest BCUT2D eigenvalue weighted by atomic mass is 9.86. The number of benzene rings is 2. The first-order valence-electron chi connectivity index (χ1n) is 31.4. The molecule has 0 aliphatic heterocycles. The molecule has 0 amide bonds. The number of fused-ring (bicyclic) bond motifs is 2. The number of allylic oxidation sites excluding steroid dienone is 4. The van der Waals surface area contributed by atoms with Gasteiger partial charge in [-0.1, -0.05) is 218 Å². The molecule has 0 aliphatic carbocycles. The highest BCUT2D eigenvalue weighted by Gasteiger charge is 2.25. The Morgan fingerprint density at radius 2 is 0.956 bits per heavy atom. The molecule has 510 valence electrons. The highest BCUT2D eigenvalue weighted by molar-refractivity contribution is 6.31. The Morgan fingerprint density at radius 3 is 1.19 bits per heavy atom. The van der Waals surface area contributed by atoms with Gasteiger partial charge in [-0.3, -0.25) is 24.2 Å². The van der Waals surface area contributed by atoms with Crippen molar-refractivity contribution in [3.05, 3.63) is 140 Å². The van der Waals surface area contributed by atoms with Crippen LogP contribution in [0, 0.1) is 23.6 Å². The van der Waals surface area contributed by atoms with Crippen molar-refractivity contribution in [3.8, 4) is 22.5 Å². The van der Waals surface area contributed by atoms with E-state index in [2.05, 4.69) is 120 Å². The lowest BCUT2D eigenvalue weighted by Crippen LogP contribution is -2.12. The minimum absolute atomic E-state index is 0.0676. The van der Waals surface area contributed by atoms with Crippen LogP contribution < -0.4 is 5.73 Å². The third-order valence-corrected chi connectivity index (χ3v) is 14.0. The number of aliphatic imine (C=N–C) groups is 1. The molecule has 4 N–H and O–H groups in total. The molecule has 4 heterocycles. The topological polar surface area (TPSA) is 199 Å². The first-order chi connectivity index (χ1) is 41.9. The van der Waals surface area contributed by atoms with Crippen molar-refractivity contribution >= 4 is 75.4 Å². The van der Waals surface area contributed by atoms with E-state index in [0.29, 0.717) is 61.3 Å². The summed E-state index contributed by atoms with van der Waals surface area (Å²) in [6.45, 7) is 59.1. The molecular formula is C76H117Cl2FN4O8. The Hall–Kier alpha value is -6.54. The van der Waals surface area contributed by atoms with Gasteiger partial charge in [-0.05, 0) is 117 Å². The number of aryl methyl sites for hydroxylation is 1. The van der Waals surface area contributed by atoms with Crippen LogP contribution in [0.25, 0.3) is 44.7 Å². The lowest BCUT2D eigenvalue weighted by Gasteiger charge is -2.20. The molecule has 0 unspecified atom stereocenters. The zero-order valence-corrected chi connectivity index (χ0v) is 62.6. The molecule has 15 heteroatoms. The van der Waals surface area contributed by atoms with Crippen LogP contribution in [-0.2, 0) is 20.4 Å². The first kappa shape index (κ1) is 90.9. The number of Topliss-reactive ketones (excluding diaryl/α,β-unsaturated/α-hetero) is 2. The molecule has 6 rings (SSSR count). The van der Waals surface area contributed by atoms with Crippen molar-refractivity contribution in [1.29, 1.82) is 0 Å². The number of ketones is 2. The normalized spacial score (nSPS) is 11.1. The number of pyridine rings is 2. The number of halogens is 3. The number of hydrogen-bond acceptors (Lipinski definition) is 11. The van der Waals surface area contributed by atoms with Crippen LogP contribution in [0.5, 0.6) is 0 Å². The highest BCUT2D eigenvalue weighted by Crippen LogP contribution is 2.37. The fourth-order valence-electron chi connectivity index (χ4n) is 6.05. The summed E-state index contributed by atoms with van der Waals surface area (Å²) in [5, 5.41) is 14.7. The number of hydrogen-bond donors (Lipinski definition) is 3. The summed E-state index contributed by atoms with van der Waals surface area (Å²) in [6, 6.07) is 17.7. The van der Waals surface area contributed by atoms with Crippen LogP contribution in [0.2, 0.25) is 10.0 Å². The second-order valence-corrected chi connectivity index (χ2v) is 27.1. The Balaban J connectivity index is -0.000000519. The van der Waals surface area contributed by atoms with Gasteiger partial charge in [-0.25, -0.2) is 14.4 Å². The van der Waals surface area contributed by atoms with Gasteiger partial charge < -0.3 is 24.8 Å². The molecule has 0 bridgehead atoms. The van der Waals surface area contributed by atoms with Gasteiger partial charge in [-0.15, -0.1) is 0 Å². The fourth-order valence-corrected chi connectivity index (χ4v) is 6.29. The first-order valence-corrected chi connectivity index (χ1v) is 32.1. The summed E-state index contributed by atoms with van der Waals surface area (Å²) in [7, 11) is 1.00. The lowest BCUT2D eigenvalue weighted by molar-refractivity contribution is -0.122. The number of carbonyl (C=O) groups is 4. The number of aldehydes is 1. The molecule has 0 fully saturated rings. The van der Waals surface area contributed by atoms with Gasteiger partial charge in [0.1, 0.15) is 23.1 Å². The van der Waals surface area contributed by atoms with Gasteiger partial charge in [0, 0.05) is 83.5 Å². The zero-order valence-electron chi connectivity index (χ0n) is 61.1. The van der Waals surface area contributed by atoms with Crippen molar-refractivity contribution in [2.45, 2.75) is 243 Å². The Morgan fingerprint density at radius 1 is 0.615 bits per heavy atom. The Bertz CT molecular complexity index is 3060. The van der Waals surface area contributed by atoms with Gasteiger partial charge in [-0.2, -0.15) is 0 Å². The van der Waals surface area contributed by atoms with Crippen molar-refractivity contribution in [2.75, 3.05) is 7.11 Å². The van der Waals surface area contributed by atoms with Gasteiger partial charge in [0.25, 0.3) is 6.47 Å². The van der Waals surface area contributed by atoms with E-state index in [9.17, 15) is 18.8 Å². The van der Waals surface area contributed by atoms with Gasteiger partial charge >= 0.3 is 0 Å². The van der Waals surface area contributed by atoms with Crippen molar-refractivity contribution in [3.63, 3.8) is 0 Å². The summed E-state index contributed by atoms with van der Waals surface area (Å²) in [6.07, 6.45) is 11.2. The Kier molecular flexibility index (Phi) is 45.6. The summed E-state index contributed by atoms with van der Waals surface area (Å²) in [5.41, 5.74) is 19.2. The van der Waals surface area contributed by atoms with Crippen LogP contribution >= 0.6 is 23.2 Å². The molecular weight excluding hydrogens is 1190 g/mol. The maximum absolute atomic E-state index is 13.8. The smallest absolute Gasteiger partial charge is 0.290 e. The number of carboxylic acid groups (broad SMARTS) is 1. The largest absolute Gasteiger partial charge is 0.483 e. The fraction of sp³-hybridized carbons (Fsp3) is 0.513. The molecule has 4 aromatic heterocycles. The van der Waals surface area contributed by atoms with E-state index in [1.165, 1.54) is 64.5 Å². The minimum atomic E-state index is -0.495. The van der Waals surface area contributed by atoms with E-state index in [-0.39, 0.29) is 39.7 Å². The van der Waals surface area contributed by atoms with Crippen LogP contribution in [0.15, 0.2) is 110 Å². The van der Waals surface area contributed by atoms with Gasteiger partial charge in [0.2, 0.25) is 0 Å². The average molecular weight is 1300 g/mol. The van der Waals surface area contributed by atoms with Crippen molar-refractivity contribution < 1.29 is 42.6 Å². The molecule has 12 nitrogen and oxygen atoms in total. The molecule has 91 heavy (non-hydrogen) atoms. The number of aliphatic hydroxyl groups is 1. The number of furan rings is 2. The van der Waals surface area contributed by atoms with Crippen LogP contribution in [0.3, 0.4) is 0 Å². The number of rotatable bonds is 10. The van der Waals surface area contributed by atoms with E-state index < -0.39 is 5.82 Å². The highest BCUT2D eigenvalue weighted by atomic mass is 35.5. The zero-order chi connectivity index (χ0) is 72.0. The second kappa shape index (κ2) is 45.7. The standard InChI is InChI=1S/C20H20ClNO2.C19H17ClFNO2.C9H15N.C6H11NO.2C6H14.2C4H10.CH2O2.CH4O/c1-11-8-13(6-7-15(11)21)16-9-14(20(3,4)5)19-17(22-16)10-18(24-19)12(2)23;1-10(23)17-9-16-18(24-17)12(19(2,3)4)8-15(22-16)11-5-6-13(20)14(21)7-11;1-7(2)9(5)6-10-8(3)4;1-3-6(4-8)5(2)7;2*1-5-6(2,3)4;2*1-3-4-2;2-1-3;1-2/h6-10H,1-5H3;5-9H,1-4H3;6H,1H2,2-5H3;4H,3,7H2,1-2H3;2*5H2,1-4H3;2*3-4H2,1-2H3;1H,(H,2,3);2H,1H3/b;;9-6-;6-5+;;;;;;. The summed E-state index contributed by atoms with van der Waals surface area (Å²) < 4.78 is 25.3. The number of carbonyl (C=O) groups excluding carboxylic acids is 3. The third kappa shape index (κ3) is 38.2. The second-order valence-electron chi connectivity index (χ2n) is 26.2. The monoisotopic (exact) mass is 1300 g/mol. The SMILES string of the molecule is C=C(C)/C(C)=C\N=C(C)C.CC(=O)c1cc2nc(-c3ccc(Cl)c(C)c3)cc(C(C)(C)C)c2o1.CC(=O)c1cc2nc(-c3ccc(Cl)c(F)c3)cc(C(C)(C)C)c2o1.CC/C(C=O)=C(/C)N.CCC(C)(C)C.CCC(C)(C)C.CCCC.CCCC.CO.O=CO. The number of aliphatic hydroxyl groups excluding tert-OH is 1. The Labute approximate surface area is 558 Å². The van der Waals surface area contributed by atoms with Gasteiger partial charge in [0.05, 0.1) is 16.4 Å². The van der Waals surface area contributed by atoms with Crippen LogP contribution in [0.1, 0.15) is 263 Å². The van der Waals surface area contributed by atoms with Gasteiger partial charge in [0.15, 0.2) is 34.3 Å². The van der Waals surface area contributed by atoms with E-state index in [1.54, 1.807) is 25.1 Å². The van der Waals surface area contributed by atoms with E-state index in [4.69, 9.17) is 57.8 Å². The molecule has 2 aromatic carbocycles. The minimum Gasteiger partial charge on any atom is -0.483 e. The maximum atomic E-state index is 13.8. The molecule has 0 saturated heterocycles. The number of nitrogens with zero attached hydrogens (tertiary/aromatic N) is 3. The number of aromatic nitrogens is 2. The molecule has 0 spiro atoms. The maximum Gasteiger partial charge on any atom is 0.290 e. The van der Waals surface area contributed by atoms with E-state index in [0.717, 1.165) is 69.6 Å². The molecule has 0 aliphatic rings. The summed E-state index contributed by atoms with van der Waals surface area (Å²) >= 11 is 11.9. The third-order valence-electron chi connectivity index (χ3n) is 13.3. The summed E-state index contributed by atoms with van der Waals surface area (Å²) in [4.78, 5) is 55.1. The molecule has 0 saturated carbocycles. The number of unbranched alkanes of at least 4 members (excludes halogenated alkanes) is 2. The van der Waals surface area contributed by atoms with Crippen molar-refractivity contribution in [2.24, 2.45) is 21.6 Å². The molecule has 0 atom stereocenters. The van der Waals surface area contributed by atoms with Crippen LogP contribution in [-0.4, -0.2) is 57.3 Å². The average Bonchev–Trinajstić information content (AvgIpc) is 1.77. The predicted octanol–water partition coefficient (Wildman–Crippen LogP) is 23.3. The van der Waals surface area contributed by atoms with E-state index >= 15 is 0 Å². The van der Waals surface area contributed by atoms with Crippen LogP contribution in [0.4, 0.5) is 4.39 Å².